The van der Waals surface area contributed by atoms with Crippen LogP contribution in [0.1, 0.15) is 48.0 Å². The molecule has 0 spiro atoms. The van der Waals surface area contributed by atoms with Crippen molar-refractivity contribution < 1.29 is 19.1 Å². The van der Waals surface area contributed by atoms with Crippen molar-refractivity contribution in [2.24, 2.45) is 0 Å². The summed E-state index contributed by atoms with van der Waals surface area (Å²) in [6.07, 6.45) is 7.16. The Balaban J connectivity index is 2.89. The lowest BCUT2D eigenvalue weighted by atomic mass is 10.1. The highest BCUT2D eigenvalue weighted by Gasteiger charge is 2.31. The van der Waals surface area contributed by atoms with E-state index in [-0.39, 0.29) is 6.54 Å². The molecular formula is C17H26NO4. The van der Waals surface area contributed by atoms with Gasteiger partial charge in [-0.3, -0.25) is 0 Å². The molecule has 0 saturated carbocycles. The zero-order chi connectivity index (χ0) is 17.0. The van der Waals surface area contributed by atoms with Crippen molar-refractivity contribution in [3.63, 3.8) is 0 Å². The number of rotatable bonds is 2. The number of carbonyl (C=O) groups is 2. The third-order valence-corrected chi connectivity index (χ3v) is 2.50. The molecule has 0 aromatic rings. The van der Waals surface area contributed by atoms with Gasteiger partial charge >= 0.3 is 12.2 Å². The molecule has 0 unspecified atom stereocenters. The maximum atomic E-state index is 12.3. The van der Waals surface area contributed by atoms with Crippen molar-refractivity contribution in [2.45, 2.75) is 59.2 Å². The highest BCUT2D eigenvalue weighted by molar-refractivity contribution is 5.88. The maximum Gasteiger partial charge on any atom is 0.420 e. The Morgan fingerprint density at radius 3 is 1.91 bits per heavy atom. The van der Waals surface area contributed by atoms with Gasteiger partial charge in [0, 0.05) is 0 Å². The third-order valence-electron chi connectivity index (χ3n) is 2.50. The number of hydrogen-bond acceptors (Lipinski definition) is 4. The smallest absolute Gasteiger partial charge is 0.420 e. The van der Waals surface area contributed by atoms with E-state index < -0.39 is 23.4 Å². The average Bonchev–Trinajstić information content (AvgIpc) is 2.32. The monoisotopic (exact) mass is 308 g/mol. The van der Waals surface area contributed by atoms with Crippen molar-refractivity contribution in [1.29, 1.82) is 0 Å². The second-order valence-electron chi connectivity index (χ2n) is 7.16. The first-order valence-corrected chi connectivity index (χ1v) is 7.40. The van der Waals surface area contributed by atoms with Crippen molar-refractivity contribution in [3.8, 4) is 0 Å². The molecule has 0 aromatic heterocycles. The second kappa shape index (κ2) is 6.99. The summed E-state index contributed by atoms with van der Waals surface area (Å²) in [6.45, 7) is 10.7. The van der Waals surface area contributed by atoms with E-state index in [4.69, 9.17) is 9.47 Å². The van der Waals surface area contributed by atoms with Gasteiger partial charge in [0.1, 0.15) is 11.2 Å². The van der Waals surface area contributed by atoms with Gasteiger partial charge in [0.25, 0.3) is 0 Å². The van der Waals surface area contributed by atoms with Crippen molar-refractivity contribution in [1.82, 2.24) is 4.90 Å². The van der Waals surface area contributed by atoms with Crippen LogP contribution in [0.5, 0.6) is 0 Å². The number of carbonyl (C=O) groups excluding carboxylic acids is 2. The summed E-state index contributed by atoms with van der Waals surface area (Å²) in [5, 5.41) is 0. The Morgan fingerprint density at radius 2 is 1.55 bits per heavy atom. The molecule has 0 fully saturated rings. The van der Waals surface area contributed by atoms with Crippen LogP contribution < -0.4 is 0 Å². The molecule has 0 aromatic carbocycles. The first-order valence-electron chi connectivity index (χ1n) is 7.40. The molecule has 0 aliphatic heterocycles. The highest BCUT2D eigenvalue weighted by Crippen LogP contribution is 2.17. The Bertz CT molecular complexity index is 450. The number of hydrogen-bond donors (Lipinski definition) is 0. The lowest BCUT2D eigenvalue weighted by molar-refractivity contribution is 0.00337. The van der Waals surface area contributed by atoms with Crippen LogP contribution in [0.2, 0.25) is 0 Å². The number of allylic oxidation sites excluding steroid dienone is 2. The quantitative estimate of drug-likeness (QED) is 0.765. The van der Waals surface area contributed by atoms with Crippen LogP contribution in [0.25, 0.3) is 0 Å². The Kier molecular flexibility index (Phi) is 5.80. The van der Waals surface area contributed by atoms with Crippen LogP contribution in [-0.4, -0.2) is 34.8 Å². The normalized spacial score (nSPS) is 15.1. The first kappa shape index (κ1) is 18.3. The lowest BCUT2D eigenvalue weighted by Crippen LogP contribution is -2.44. The van der Waals surface area contributed by atoms with Crippen molar-refractivity contribution in [2.75, 3.05) is 6.54 Å². The zero-order valence-corrected chi connectivity index (χ0v) is 14.3. The van der Waals surface area contributed by atoms with Gasteiger partial charge in [-0.1, -0.05) is 18.2 Å². The fraction of sp³-hybridized carbons (Fsp3) is 0.588. The lowest BCUT2D eigenvalue weighted by Gasteiger charge is -2.29. The largest absolute Gasteiger partial charge is 0.443 e. The van der Waals surface area contributed by atoms with Crippen LogP contribution in [-0.2, 0) is 9.47 Å². The molecule has 5 heteroatoms. The van der Waals surface area contributed by atoms with E-state index in [1.54, 1.807) is 41.5 Å². The molecule has 123 valence electrons. The fourth-order valence-electron chi connectivity index (χ4n) is 1.70. The summed E-state index contributed by atoms with van der Waals surface area (Å²) in [7, 11) is 0. The van der Waals surface area contributed by atoms with Crippen molar-refractivity contribution >= 4 is 12.2 Å². The summed E-state index contributed by atoms with van der Waals surface area (Å²) in [5.41, 5.74) is -0.511. The minimum Gasteiger partial charge on any atom is -0.443 e. The minimum absolute atomic E-state index is 0.122. The van der Waals surface area contributed by atoms with Gasteiger partial charge in [-0.05, 0) is 60.0 Å². The molecule has 1 rings (SSSR count). The Hall–Kier alpha value is -1.78. The van der Waals surface area contributed by atoms with E-state index in [1.165, 1.54) is 0 Å². The van der Waals surface area contributed by atoms with E-state index in [1.807, 2.05) is 24.6 Å². The van der Waals surface area contributed by atoms with Gasteiger partial charge < -0.3 is 9.47 Å². The summed E-state index contributed by atoms with van der Waals surface area (Å²) in [4.78, 5) is 25.6. The summed E-state index contributed by atoms with van der Waals surface area (Å²) < 4.78 is 10.6. The molecule has 1 aliphatic rings. The number of amides is 2. The van der Waals surface area contributed by atoms with E-state index in [0.717, 1.165) is 16.9 Å². The van der Waals surface area contributed by atoms with Crippen LogP contribution in [0, 0.1) is 6.42 Å². The fourth-order valence-corrected chi connectivity index (χ4v) is 1.70. The van der Waals surface area contributed by atoms with Gasteiger partial charge in [-0.15, -0.1) is 0 Å². The molecular weight excluding hydrogens is 282 g/mol. The van der Waals surface area contributed by atoms with Gasteiger partial charge in [-0.25, -0.2) is 14.5 Å². The van der Waals surface area contributed by atoms with Crippen molar-refractivity contribution in [3.05, 3.63) is 30.2 Å². The van der Waals surface area contributed by atoms with E-state index >= 15 is 0 Å². The molecule has 0 atom stereocenters. The molecule has 0 bridgehead atoms. The minimum atomic E-state index is -0.707. The Morgan fingerprint density at radius 1 is 1.05 bits per heavy atom. The maximum absolute atomic E-state index is 12.3. The summed E-state index contributed by atoms with van der Waals surface area (Å²) >= 11 is 0. The molecule has 0 heterocycles. The van der Waals surface area contributed by atoms with Crippen LogP contribution in [0.4, 0.5) is 9.59 Å². The predicted molar refractivity (Wildman–Crippen MR) is 85.3 cm³/mol. The van der Waals surface area contributed by atoms with Crippen LogP contribution >= 0.6 is 0 Å². The zero-order valence-electron chi connectivity index (χ0n) is 14.3. The predicted octanol–water partition coefficient (Wildman–Crippen LogP) is 4.25. The standard InChI is InChI=1S/C17H26NO4/c1-16(2,3)21-14(19)18(15(20)22-17(4,5)6)12-13-10-8-7-9-11-13/h8-11H,7,12H2,1-6H3. The Labute approximate surface area is 133 Å². The van der Waals surface area contributed by atoms with E-state index in [2.05, 4.69) is 0 Å². The number of nitrogens with zero attached hydrogens (tertiary/aromatic N) is 1. The molecule has 0 N–H and O–H groups in total. The topological polar surface area (TPSA) is 55.8 Å². The van der Waals surface area contributed by atoms with Gasteiger partial charge in [0.15, 0.2) is 0 Å². The summed E-state index contributed by atoms with van der Waals surface area (Å²) in [5.74, 6) is 0. The second-order valence-corrected chi connectivity index (χ2v) is 7.16. The van der Waals surface area contributed by atoms with E-state index in [0.29, 0.717) is 0 Å². The number of imide groups is 1. The van der Waals surface area contributed by atoms with Gasteiger partial charge in [-0.2, -0.15) is 0 Å². The molecule has 22 heavy (non-hydrogen) atoms. The molecule has 2 amide bonds. The molecule has 1 aliphatic carbocycles. The molecule has 5 nitrogen and oxygen atoms in total. The SMILES string of the molecule is CC(C)(C)OC(=O)N(CC1=C[CH]CC=C1)C(=O)OC(C)(C)C. The molecule has 0 saturated heterocycles. The van der Waals surface area contributed by atoms with Crippen LogP contribution in [0.3, 0.4) is 0 Å². The van der Waals surface area contributed by atoms with Gasteiger partial charge in [0.05, 0.1) is 6.54 Å². The van der Waals surface area contributed by atoms with Gasteiger partial charge in [0.2, 0.25) is 0 Å². The third kappa shape index (κ3) is 6.78. The summed E-state index contributed by atoms with van der Waals surface area (Å²) in [6, 6.07) is 0. The van der Waals surface area contributed by atoms with E-state index in [9.17, 15) is 9.59 Å². The highest BCUT2D eigenvalue weighted by atomic mass is 16.6. The molecule has 1 radical (unpaired) electrons. The first-order chi connectivity index (χ1) is 9.98. The number of ether oxygens (including phenoxy) is 2. The van der Waals surface area contributed by atoms with Crippen LogP contribution in [0.15, 0.2) is 23.8 Å². The average molecular weight is 308 g/mol.